The maximum absolute atomic E-state index is 12.9. The van der Waals surface area contributed by atoms with Crippen molar-refractivity contribution in [3.05, 3.63) is 68.1 Å². The number of pyridine rings is 1. The van der Waals surface area contributed by atoms with E-state index in [2.05, 4.69) is 15.3 Å². The van der Waals surface area contributed by atoms with Crippen LogP contribution in [-0.4, -0.2) is 39.5 Å². The summed E-state index contributed by atoms with van der Waals surface area (Å²) >= 11 is 4.62. The Hall–Kier alpha value is -2.49. The summed E-state index contributed by atoms with van der Waals surface area (Å²) in [7, 11) is 0. The van der Waals surface area contributed by atoms with Crippen LogP contribution in [0.3, 0.4) is 0 Å². The largest absolute Gasteiger partial charge is 0.348 e. The number of hydrogen-bond donors (Lipinski definition) is 1. The molecule has 4 heterocycles. The Bertz CT molecular complexity index is 1120. The van der Waals surface area contributed by atoms with Crippen molar-refractivity contribution in [3.8, 4) is 0 Å². The van der Waals surface area contributed by atoms with Crippen molar-refractivity contribution >= 4 is 52.3 Å². The number of hydrogen-bond acceptors (Lipinski definition) is 7. The molecule has 9 heteroatoms. The van der Waals surface area contributed by atoms with Crippen LogP contribution in [0.4, 0.5) is 0 Å². The molecule has 0 fully saturated rings. The number of rotatable bonds is 6. The van der Waals surface area contributed by atoms with Crippen LogP contribution in [-0.2, 0) is 24.3 Å². The summed E-state index contributed by atoms with van der Waals surface area (Å²) < 4.78 is 0.893. The summed E-state index contributed by atoms with van der Waals surface area (Å²) in [5.74, 6) is -0.178. The van der Waals surface area contributed by atoms with Crippen LogP contribution in [0.2, 0.25) is 0 Å². The van der Waals surface area contributed by atoms with E-state index in [-0.39, 0.29) is 11.8 Å². The average molecular weight is 471 g/mol. The van der Waals surface area contributed by atoms with Crippen LogP contribution in [0, 0.1) is 6.92 Å². The molecule has 31 heavy (non-hydrogen) atoms. The molecule has 1 N–H and O–H groups in total. The molecule has 1 aliphatic heterocycles. The van der Waals surface area contributed by atoms with Crippen LogP contribution in [0.15, 0.2) is 39.5 Å². The van der Waals surface area contributed by atoms with E-state index in [9.17, 15) is 9.59 Å². The van der Waals surface area contributed by atoms with Crippen molar-refractivity contribution in [1.29, 1.82) is 0 Å². The van der Waals surface area contributed by atoms with E-state index in [1.807, 2.05) is 53.2 Å². The summed E-state index contributed by atoms with van der Waals surface area (Å²) in [6.07, 6.45) is 7.91. The number of amides is 2. The molecule has 0 saturated carbocycles. The van der Waals surface area contributed by atoms with E-state index in [1.165, 1.54) is 16.9 Å². The number of nitrogens with zero attached hydrogens (tertiary/aromatic N) is 3. The van der Waals surface area contributed by atoms with Gasteiger partial charge in [0.2, 0.25) is 5.91 Å². The van der Waals surface area contributed by atoms with Crippen molar-refractivity contribution in [2.45, 2.75) is 30.8 Å². The molecule has 4 rings (SSSR count). The highest BCUT2D eigenvalue weighted by atomic mass is 32.2. The predicted octanol–water partition coefficient (Wildman–Crippen LogP) is 4.16. The summed E-state index contributed by atoms with van der Waals surface area (Å²) in [6, 6.07) is 3.92. The fraction of sp³-hybridized carbons (Fsp3) is 0.273. The molecule has 0 saturated heterocycles. The van der Waals surface area contributed by atoms with Gasteiger partial charge in [0.15, 0.2) is 0 Å². The first-order chi connectivity index (χ1) is 15.0. The Kier molecular flexibility index (Phi) is 6.84. The average Bonchev–Trinajstić information content (AvgIpc) is 3.48. The second-order valence-electron chi connectivity index (χ2n) is 7.07. The van der Waals surface area contributed by atoms with Gasteiger partial charge in [0.25, 0.3) is 5.91 Å². The van der Waals surface area contributed by atoms with Gasteiger partial charge < -0.3 is 10.2 Å². The van der Waals surface area contributed by atoms with E-state index < -0.39 is 0 Å². The molecule has 160 valence electrons. The molecule has 2 amide bonds. The van der Waals surface area contributed by atoms with Crippen LogP contribution in [0.5, 0.6) is 0 Å². The molecule has 0 radical (unpaired) electrons. The molecule has 0 atom stereocenters. The zero-order valence-corrected chi connectivity index (χ0v) is 19.7. The first-order valence-corrected chi connectivity index (χ1v) is 12.8. The van der Waals surface area contributed by atoms with Gasteiger partial charge in [-0.05, 0) is 53.8 Å². The lowest BCUT2D eigenvalue weighted by atomic mass is 9.94. The van der Waals surface area contributed by atoms with Crippen molar-refractivity contribution in [3.63, 3.8) is 0 Å². The minimum atomic E-state index is -0.133. The van der Waals surface area contributed by atoms with E-state index in [0.29, 0.717) is 25.3 Å². The first-order valence-electron chi connectivity index (χ1n) is 9.79. The zero-order chi connectivity index (χ0) is 21.8. The third kappa shape index (κ3) is 5.06. The molecule has 1 aliphatic rings. The van der Waals surface area contributed by atoms with E-state index in [1.54, 1.807) is 29.2 Å². The number of thioether (sulfide) groups is 1. The number of thiazole rings is 1. The monoisotopic (exact) mass is 470 g/mol. The van der Waals surface area contributed by atoms with Gasteiger partial charge in [0, 0.05) is 47.9 Å². The molecule has 0 aliphatic carbocycles. The second kappa shape index (κ2) is 9.76. The lowest BCUT2D eigenvalue weighted by Gasteiger charge is -2.30. The minimum absolute atomic E-state index is 0.0451. The normalized spacial score (nSPS) is 13.4. The minimum Gasteiger partial charge on any atom is -0.348 e. The van der Waals surface area contributed by atoms with Gasteiger partial charge in [0.1, 0.15) is 10.0 Å². The Morgan fingerprint density at radius 1 is 1.35 bits per heavy atom. The number of aromatic nitrogens is 2. The van der Waals surface area contributed by atoms with Crippen molar-refractivity contribution in [2.75, 3.05) is 12.8 Å². The highest BCUT2D eigenvalue weighted by Gasteiger charge is 2.26. The molecule has 3 aromatic heterocycles. The standard InChI is InChI=1S/C22H22N4O2S3/c1-14-18(11-24-20(27)6-5-16-4-3-9-30-16)17-7-8-26(12-15(17)10-23-14)21(28)19-13-31-22(25-19)29-2/h3-6,9-10,13H,7-8,11-12H2,1-2H3,(H,24,27). The molecule has 3 aromatic rings. The van der Waals surface area contributed by atoms with Crippen molar-refractivity contribution in [1.82, 2.24) is 20.2 Å². The number of nitrogens with one attached hydrogen (secondary N) is 1. The lowest BCUT2D eigenvalue weighted by molar-refractivity contribution is -0.116. The molecule has 0 spiro atoms. The number of carbonyl (C=O) groups is 2. The Labute approximate surface area is 193 Å². The van der Waals surface area contributed by atoms with Crippen LogP contribution >= 0.6 is 34.4 Å². The first kappa shape index (κ1) is 21.7. The smallest absolute Gasteiger partial charge is 0.273 e. The van der Waals surface area contributed by atoms with Gasteiger partial charge in [-0.25, -0.2) is 4.98 Å². The molecule has 0 unspecified atom stereocenters. The molecule has 0 aromatic carbocycles. The SMILES string of the molecule is CSc1nc(C(=O)N2CCc3c(cnc(C)c3CNC(=O)C=Cc3cccs3)C2)cs1. The Morgan fingerprint density at radius 3 is 2.97 bits per heavy atom. The highest BCUT2D eigenvalue weighted by molar-refractivity contribution is 8.00. The lowest BCUT2D eigenvalue weighted by Crippen LogP contribution is -2.37. The summed E-state index contributed by atoms with van der Waals surface area (Å²) in [6.45, 7) is 3.51. The quantitative estimate of drug-likeness (QED) is 0.433. The van der Waals surface area contributed by atoms with E-state index in [4.69, 9.17) is 0 Å². The maximum Gasteiger partial charge on any atom is 0.273 e. The molecular weight excluding hydrogens is 448 g/mol. The van der Waals surface area contributed by atoms with Crippen molar-refractivity contribution < 1.29 is 9.59 Å². The Morgan fingerprint density at radius 2 is 2.23 bits per heavy atom. The van der Waals surface area contributed by atoms with Gasteiger partial charge in [-0.15, -0.1) is 22.7 Å². The summed E-state index contributed by atoms with van der Waals surface area (Å²) in [5.41, 5.74) is 4.67. The number of carbonyl (C=O) groups excluding carboxylic acids is 2. The summed E-state index contributed by atoms with van der Waals surface area (Å²) in [5, 5.41) is 6.77. The third-order valence-corrected chi connectivity index (χ3v) is 7.84. The fourth-order valence-corrected chi connectivity index (χ4v) is 5.37. The zero-order valence-electron chi connectivity index (χ0n) is 17.3. The Balaban J connectivity index is 1.44. The predicted molar refractivity (Wildman–Crippen MR) is 127 cm³/mol. The molecule has 6 nitrogen and oxygen atoms in total. The molecule has 0 bridgehead atoms. The van der Waals surface area contributed by atoms with Crippen molar-refractivity contribution in [2.24, 2.45) is 0 Å². The van der Waals surface area contributed by atoms with E-state index >= 15 is 0 Å². The van der Waals surface area contributed by atoms with Gasteiger partial charge >= 0.3 is 0 Å². The van der Waals surface area contributed by atoms with Gasteiger partial charge in [-0.2, -0.15) is 0 Å². The number of fused-ring (bicyclic) bond motifs is 1. The topological polar surface area (TPSA) is 75.2 Å². The van der Waals surface area contributed by atoms with Crippen LogP contribution in [0.1, 0.15) is 37.7 Å². The fourth-order valence-electron chi connectivity index (χ4n) is 3.52. The number of aryl methyl sites for hydroxylation is 1. The molecular formula is C22H22N4O2S3. The van der Waals surface area contributed by atoms with Crippen LogP contribution in [0.25, 0.3) is 6.08 Å². The summed E-state index contributed by atoms with van der Waals surface area (Å²) in [4.78, 5) is 36.9. The van der Waals surface area contributed by atoms with Gasteiger partial charge in [-0.1, -0.05) is 17.8 Å². The van der Waals surface area contributed by atoms with Gasteiger partial charge in [-0.3, -0.25) is 14.6 Å². The maximum atomic E-state index is 12.9. The van der Waals surface area contributed by atoms with Gasteiger partial charge in [0.05, 0.1) is 0 Å². The van der Waals surface area contributed by atoms with Crippen LogP contribution < -0.4 is 5.32 Å². The highest BCUT2D eigenvalue weighted by Crippen LogP contribution is 2.26. The number of thiophene rings is 1. The third-order valence-electron chi connectivity index (χ3n) is 5.14. The second-order valence-corrected chi connectivity index (χ2v) is 9.96. The van der Waals surface area contributed by atoms with E-state index in [0.717, 1.165) is 32.5 Å².